The molecule has 1 aromatic rings. The van der Waals surface area contributed by atoms with Crippen molar-refractivity contribution in [3.8, 4) is 5.40 Å². The molecule has 1 aliphatic rings. The second-order valence-electron chi connectivity index (χ2n) is 4.03. The van der Waals surface area contributed by atoms with Crippen LogP contribution < -0.4 is 0 Å². The van der Waals surface area contributed by atoms with Crippen molar-refractivity contribution in [1.82, 2.24) is 0 Å². The summed E-state index contributed by atoms with van der Waals surface area (Å²) in [5.41, 5.74) is 1.37. The van der Waals surface area contributed by atoms with Crippen molar-refractivity contribution in [3.63, 3.8) is 0 Å². The van der Waals surface area contributed by atoms with Crippen molar-refractivity contribution in [3.05, 3.63) is 29.8 Å². The Bertz CT molecular complexity index is 417. The lowest BCUT2D eigenvalue weighted by atomic mass is 10.2. The molecule has 4 heteroatoms. The van der Waals surface area contributed by atoms with Crippen molar-refractivity contribution in [2.24, 2.45) is 0 Å². The molecule has 86 valence electrons. The van der Waals surface area contributed by atoms with Crippen molar-refractivity contribution in [1.29, 1.82) is 5.26 Å². The lowest BCUT2D eigenvalue weighted by Crippen LogP contribution is -1.99. The Kier molecular flexibility index (Phi) is 3.78. The van der Waals surface area contributed by atoms with Gasteiger partial charge in [0.05, 0.1) is 4.58 Å². The molecule has 0 N–H and O–H groups in total. The Morgan fingerprint density at radius 3 is 2.50 bits per heavy atom. The van der Waals surface area contributed by atoms with Gasteiger partial charge in [0.2, 0.25) is 0 Å². The van der Waals surface area contributed by atoms with Crippen molar-refractivity contribution >= 4 is 33.6 Å². The van der Waals surface area contributed by atoms with Crippen LogP contribution in [0.5, 0.6) is 0 Å². The smallest absolute Gasteiger partial charge is 0.117 e. The summed E-state index contributed by atoms with van der Waals surface area (Å²) in [7, 11) is -1.29. The van der Waals surface area contributed by atoms with E-state index in [4.69, 9.17) is 0 Å². The Balaban J connectivity index is 2.42. The predicted molar refractivity (Wildman–Crippen MR) is 77.4 cm³/mol. The van der Waals surface area contributed by atoms with Crippen LogP contribution in [0.25, 0.3) is 0 Å². The van der Waals surface area contributed by atoms with E-state index in [0.717, 1.165) is 0 Å². The van der Waals surface area contributed by atoms with E-state index >= 15 is 0 Å². The summed E-state index contributed by atoms with van der Waals surface area (Å²) in [6, 6.07) is 8.46. The molecule has 0 aliphatic carbocycles. The first kappa shape index (κ1) is 12.2. The third-order valence-corrected chi connectivity index (χ3v) is 7.57. The molecule has 1 heterocycles. The standard InChI is InChI=1S/C12H15NS3/c1-16(2,9-13)11-6-4-3-5-10(11)12-14-7-8-15-12/h3-6,12H,7-8H2,1-2H3. The van der Waals surface area contributed by atoms with Gasteiger partial charge in [-0.15, -0.1) is 33.6 Å². The lowest BCUT2D eigenvalue weighted by Gasteiger charge is -2.26. The van der Waals surface area contributed by atoms with E-state index in [1.54, 1.807) is 0 Å². The average Bonchev–Trinajstić information content (AvgIpc) is 2.82. The minimum atomic E-state index is -1.29. The minimum Gasteiger partial charge on any atom is -0.186 e. The van der Waals surface area contributed by atoms with Gasteiger partial charge >= 0.3 is 0 Å². The Morgan fingerprint density at radius 2 is 1.88 bits per heavy atom. The number of nitriles is 1. The highest BCUT2D eigenvalue weighted by Crippen LogP contribution is 2.55. The molecule has 1 aliphatic heterocycles. The molecule has 1 saturated heterocycles. The molecular formula is C12H15NS3. The number of nitrogens with zero attached hydrogens (tertiary/aromatic N) is 1. The molecule has 0 saturated carbocycles. The van der Waals surface area contributed by atoms with Crippen molar-refractivity contribution in [2.75, 3.05) is 24.0 Å². The van der Waals surface area contributed by atoms with Crippen LogP contribution >= 0.6 is 33.6 Å². The van der Waals surface area contributed by atoms with Gasteiger partial charge < -0.3 is 0 Å². The van der Waals surface area contributed by atoms with E-state index in [1.165, 1.54) is 22.0 Å². The van der Waals surface area contributed by atoms with Gasteiger partial charge in [0.25, 0.3) is 0 Å². The average molecular weight is 269 g/mol. The topological polar surface area (TPSA) is 23.8 Å². The van der Waals surface area contributed by atoms with Crippen LogP contribution in [0.15, 0.2) is 29.2 Å². The largest absolute Gasteiger partial charge is 0.186 e. The highest BCUT2D eigenvalue weighted by Gasteiger charge is 2.25. The Labute approximate surface area is 107 Å². The number of thioether (sulfide) groups is 2. The van der Waals surface area contributed by atoms with Crippen LogP contribution in [0.3, 0.4) is 0 Å². The molecule has 2 rings (SSSR count). The summed E-state index contributed by atoms with van der Waals surface area (Å²) in [5, 5.41) is 11.8. The van der Waals surface area contributed by atoms with Gasteiger partial charge in [0.15, 0.2) is 0 Å². The molecule has 0 radical (unpaired) electrons. The molecular weight excluding hydrogens is 254 g/mol. The van der Waals surface area contributed by atoms with Gasteiger partial charge in [-0.3, -0.25) is 0 Å². The Hall–Kier alpha value is -0.240. The first-order valence-corrected chi connectivity index (χ1v) is 9.66. The van der Waals surface area contributed by atoms with Crippen molar-refractivity contribution < 1.29 is 0 Å². The normalized spacial score (nSPS) is 18.3. The van der Waals surface area contributed by atoms with E-state index in [0.29, 0.717) is 4.58 Å². The van der Waals surface area contributed by atoms with Crippen LogP contribution in [-0.2, 0) is 0 Å². The van der Waals surface area contributed by atoms with Crippen molar-refractivity contribution in [2.45, 2.75) is 9.48 Å². The third kappa shape index (κ3) is 2.37. The second kappa shape index (κ2) is 4.95. The van der Waals surface area contributed by atoms with E-state index in [1.807, 2.05) is 23.5 Å². The van der Waals surface area contributed by atoms with Gasteiger partial charge in [0.1, 0.15) is 5.40 Å². The molecule has 0 unspecified atom stereocenters. The van der Waals surface area contributed by atoms with E-state index in [-0.39, 0.29) is 0 Å². The highest BCUT2D eigenvalue weighted by atomic mass is 32.3. The van der Waals surface area contributed by atoms with Gasteiger partial charge in [-0.05, 0) is 24.1 Å². The molecule has 1 aromatic carbocycles. The summed E-state index contributed by atoms with van der Waals surface area (Å²) < 4.78 is 0.538. The molecule has 0 bridgehead atoms. The maximum atomic E-state index is 9.29. The van der Waals surface area contributed by atoms with E-state index < -0.39 is 10.0 Å². The Morgan fingerprint density at radius 1 is 1.25 bits per heavy atom. The molecule has 16 heavy (non-hydrogen) atoms. The number of thiocyanates is 1. The summed E-state index contributed by atoms with van der Waals surface area (Å²) in [6.45, 7) is 0. The zero-order valence-electron chi connectivity index (χ0n) is 9.47. The zero-order chi connectivity index (χ0) is 11.6. The fourth-order valence-electron chi connectivity index (χ4n) is 1.73. The third-order valence-electron chi connectivity index (χ3n) is 2.57. The fourth-order valence-corrected chi connectivity index (χ4v) is 6.10. The molecule has 0 spiro atoms. The summed E-state index contributed by atoms with van der Waals surface area (Å²) >= 11 is 4.01. The molecule has 0 atom stereocenters. The van der Waals surface area contributed by atoms with Crippen LogP contribution in [0.1, 0.15) is 10.1 Å². The molecule has 0 amide bonds. The van der Waals surface area contributed by atoms with Gasteiger partial charge in [-0.25, -0.2) is 0 Å². The predicted octanol–water partition coefficient (Wildman–Crippen LogP) is 4.07. The monoisotopic (exact) mass is 269 g/mol. The first-order chi connectivity index (χ1) is 7.65. The van der Waals surface area contributed by atoms with Crippen LogP contribution in [0.4, 0.5) is 0 Å². The van der Waals surface area contributed by atoms with Gasteiger partial charge in [0, 0.05) is 16.4 Å². The molecule has 1 fully saturated rings. The SMILES string of the molecule is CS(C)(C#N)c1ccccc1C1SCCS1. The minimum absolute atomic E-state index is 0.538. The number of hydrogen-bond acceptors (Lipinski definition) is 3. The van der Waals surface area contributed by atoms with Crippen LogP contribution in [0, 0.1) is 10.7 Å². The fraction of sp³-hybridized carbons (Fsp3) is 0.417. The highest BCUT2D eigenvalue weighted by molar-refractivity contribution is 8.36. The first-order valence-electron chi connectivity index (χ1n) is 5.11. The summed E-state index contributed by atoms with van der Waals surface area (Å²) in [4.78, 5) is 1.27. The number of hydrogen-bond donors (Lipinski definition) is 0. The number of rotatable bonds is 2. The van der Waals surface area contributed by atoms with Gasteiger partial charge in [-0.2, -0.15) is 5.26 Å². The van der Waals surface area contributed by atoms with Crippen LogP contribution in [-0.4, -0.2) is 24.0 Å². The summed E-state index contributed by atoms with van der Waals surface area (Å²) in [6.07, 6.45) is 4.16. The lowest BCUT2D eigenvalue weighted by molar-refractivity contribution is 1.25. The second-order valence-corrected chi connectivity index (χ2v) is 10.0. The molecule has 1 nitrogen and oxygen atoms in total. The maximum absolute atomic E-state index is 9.29. The van der Waals surface area contributed by atoms with E-state index in [9.17, 15) is 5.26 Å². The maximum Gasteiger partial charge on any atom is 0.117 e. The van der Waals surface area contributed by atoms with Gasteiger partial charge in [-0.1, -0.05) is 18.2 Å². The number of benzene rings is 1. The molecule has 0 aromatic heterocycles. The summed E-state index contributed by atoms with van der Waals surface area (Å²) in [5.74, 6) is 2.46. The quantitative estimate of drug-likeness (QED) is 0.756. The van der Waals surface area contributed by atoms with Crippen LogP contribution in [0.2, 0.25) is 0 Å². The zero-order valence-corrected chi connectivity index (χ0v) is 11.9. The van der Waals surface area contributed by atoms with E-state index in [2.05, 4.69) is 42.2 Å².